The predicted octanol–water partition coefficient (Wildman–Crippen LogP) is -0.0468. The van der Waals surface area contributed by atoms with Crippen LogP contribution in [0.2, 0.25) is 0 Å². The molecule has 3 N–H and O–H groups in total. The largest absolute Gasteiger partial charge is 0.394 e. The summed E-state index contributed by atoms with van der Waals surface area (Å²) in [5.41, 5.74) is 6.64. The average Bonchev–Trinajstić information content (AvgIpc) is 2.31. The molecule has 0 amide bonds. The number of rotatable bonds is 2. The highest BCUT2D eigenvalue weighted by Gasteiger charge is 2.26. The summed E-state index contributed by atoms with van der Waals surface area (Å²) < 4.78 is 5.59. The number of nitrogens with zero attached hydrogens (tertiary/aromatic N) is 3. The average molecular weight is 238 g/mol. The van der Waals surface area contributed by atoms with Gasteiger partial charge in [0, 0.05) is 18.7 Å². The van der Waals surface area contributed by atoms with Crippen LogP contribution in [-0.2, 0) is 4.74 Å². The van der Waals surface area contributed by atoms with Gasteiger partial charge in [0.15, 0.2) is 0 Å². The minimum atomic E-state index is -0.172. The van der Waals surface area contributed by atoms with Crippen LogP contribution in [-0.4, -0.2) is 47.0 Å². The van der Waals surface area contributed by atoms with Crippen molar-refractivity contribution in [2.45, 2.75) is 26.1 Å². The quantitative estimate of drug-likeness (QED) is 0.751. The van der Waals surface area contributed by atoms with E-state index in [1.807, 2.05) is 13.8 Å². The van der Waals surface area contributed by atoms with Crippen molar-refractivity contribution in [2.24, 2.45) is 0 Å². The molecule has 1 aromatic rings. The summed E-state index contributed by atoms with van der Waals surface area (Å²) in [5.74, 6) is 1.32. The van der Waals surface area contributed by atoms with Gasteiger partial charge in [0.2, 0.25) is 0 Å². The summed E-state index contributed by atoms with van der Waals surface area (Å²) in [5, 5.41) is 9.19. The molecule has 2 heterocycles. The van der Waals surface area contributed by atoms with Crippen molar-refractivity contribution in [3.63, 3.8) is 0 Å². The van der Waals surface area contributed by atoms with Crippen LogP contribution in [0.25, 0.3) is 0 Å². The van der Waals surface area contributed by atoms with E-state index in [4.69, 9.17) is 10.5 Å². The first kappa shape index (κ1) is 12.1. The molecule has 1 aliphatic rings. The first-order valence-electron chi connectivity index (χ1n) is 5.70. The molecule has 2 atom stereocenters. The minimum absolute atomic E-state index is 0.0143. The number of aliphatic hydroxyl groups excluding tert-OH is 1. The number of anilines is 2. The number of nitrogen functional groups attached to an aromatic ring is 1. The second kappa shape index (κ2) is 4.85. The molecular formula is C11H18N4O2. The molecule has 0 bridgehead atoms. The lowest BCUT2D eigenvalue weighted by Crippen LogP contribution is -2.48. The van der Waals surface area contributed by atoms with Gasteiger partial charge in [-0.25, -0.2) is 9.97 Å². The zero-order valence-electron chi connectivity index (χ0n) is 10.1. The summed E-state index contributed by atoms with van der Waals surface area (Å²) in [6.45, 7) is 5.26. The predicted molar refractivity (Wildman–Crippen MR) is 64.8 cm³/mol. The van der Waals surface area contributed by atoms with Gasteiger partial charge in [-0.3, -0.25) is 0 Å². The molecule has 6 nitrogen and oxygen atoms in total. The monoisotopic (exact) mass is 238 g/mol. The molecule has 2 unspecified atom stereocenters. The Hall–Kier alpha value is -1.40. The second-order valence-electron chi connectivity index (χ2n) is 4.36. The van der Waals surface area contributed by atoms with E-state index < -0.39 is 0 Å². The van der Waals surface area contributed by atoms with E-state index >= 15 is 0 Å². The Balaban J connectivity index is 2.23. The van der Waals surface area contributed by atoms with Gasteiger partial charge >= 0.3 is 0 Å². The van der Waals surface area contributed by atoms with Gasteiger partial charge in [-0.05, 0) is 13.8 Å². The number of ether oxygens (including phenoxy) is 1. The van der Waals surface area contributed by atoms with Crippen molar-refractivity contribution in [1.82, 2.24) is 9.97 Å². The number of nitrogens with two attached hydrogens (primary N) is 1. The molecule has 1 fully saturated rings. The molecule has 1 aromatic heterocycles. The molecule has 0 radical (unpaired) electrons. The Kier molecular flexibility index (Phi) is 3.44. The lowest BCUT2D eigenvalue weighted by Gasteiger charge is -2.37. The molecule has 17 heavy (non-hydrogen) atoms. The van der Waals surface area contributed by atoms with Crippen molar-refractivity contribution in [3.05, 3.63) is 11.9 Å². The van der Waals surface area contributed by atoms with E-state index in [1.54, 1.807) is 0 Å². The fourth-order valence-electron chi connectivity index (χ4n) is 2.09. The minimum Gasteiger partial charge on any atom is -0.394 e. The van der Waals surface area contributed by atoms with Crippen LogP contribution in [0.15, 0.2) is 6.33 Å². The van der Waals surface area contributed by atoms with Gasteiger partial charge in [0.1, 0.15) is 18.0 Å². The summed E-state index contributed by atoms with van der Waals surface area (Å²) in [4.78, 5) is 10.3. The third kappa shape index (κ3) is 2.48. The highest BCUT2D eigenvalue weighted by molar-refractivity contribution is 5.55. The van der Waals surface area contributed by atoms with E-state index in [0.29, 0.717) is 12.4 Å². The highest BCUT2D eigenvalue weighted by Crippen LogP contribution is 2.23. The molecule has 0 spiro atoms. The Morgan fingerprint density at radius 1 is 1.53 bits per heavy atom. The molecular weight excluding hydrogens is 220 g/mol. The number of morpholine rings is 1. The molecule has 0 aliphatic carbocycles. The molecule has 2 rings (SSSR count). The maximum Gasteiger partial charge on any atom is 0.137 e. The SMILES string of the molecule is Cc1c(N)ncnc1N1CC(C)OC(CO)C1. The smallest absolute Gasteiger partial charge is 0.137 e. The maximum atomic E-state index is 9.19. The first-order chi connectivity index (χ1) is 8.11. The number of aliphatic hydroxyl groups is 1. The number of hydrogen-bond acceptors (Lipinski definition) is 6. The van der Waals surface area contributed by atoms with E-state index in [-0.39, 0.29) is 18.8 Å². The van der Waals surface area contributed by atoms with Crippen LogP contribution in [0.3, 0.4) is 0 Å². The van der Waals surface area contributed by atoms with E-state index in [0.717, 1.165) is 17.9 Å². The third-order valence-electron chi connectivity index (χ3n) is 2.93. The van der Waals surface area contributed by atoms with Crippen molar-refractivity contribution in [1.29, 1.82) is 0 Å². The van der Waals surface area contributed by atoms with Crippen LogP contribution in [0.5, 0.6) is 0 Å². The van der Waals surface area contributed by atoms with Crippen molar-refractivity contribution in [3.8, 4) is 0 Å². The van der Waals surface area contributed by atoms with Crippen molar-refractivity contribution >= 4 is 11.6 Å². The van der Waals surface area contributed by atoms with Gasteiger partial charge in [-0.2, -0.15) is 0 Å². The van der Waals surface area contributed by atoms with Gasteiger partial charge in [-0.1, -0.05) is 0 Å². The van der Waals surface area contributed by atoms with Gasteiger partial charge in [-0.15, -0.1) is 0 Å². The highest BCUT2D eigenvalue weighted by atomic mass is 16.5. The number of aromatic nitrogens is 2. The fraction of sp³-hybridized carbons (Fsp3) is 0.636. The Bertz CT molecular complexity index is 399. The normalized spacial score (nSPS) is 25.0. The van der Waals surface area contributed by atoms with Crippen molar-refractivity contribution < 1.29 is 9.84 Å². The summed E-state index contributed by atoms with van der Waals surface area (Å²) in [6, 6.07) is 0. The van der Waals surface area contributed by atoms with Crippen LogP contribution < -0.4 is 10.6 Å². The van der Waals surface area contributed by atoms with Crippen LogP contribution in [0, 0.1) is 6.92 Å². The van der Waals surface area contributed by atoms with Crippen LogP contribution in [0.1, 0.15) is 12.5 Å². The van der Waals surface area contributed by atoms with Crippen LogP contribution in [0.4, 0.5) is 11.6 Å². The molecule has 0 aromatic carbocycles. The zero-order chi connectivity index (χ0) is 12.4. The molecule has 0 saturated carbocycles. The van der Waals surface area contributed by atoms with E-state index in [9.17, 15) is 5.11 Å². The summed E-state index contributed by atoms with van der Waals surface area (Å²) in [7, 11) is 0. The number of hydrogen-bond donors (Lipinski definition) is 2. The van der Waals surface area contributed by atoms with Gasteiger partial charge < -0.3 is 20.5 Å². The first-order valence-corrected chi connectivity index (χ1v) is 5.70. The zero-order valence-corrected chi connectivity index (χ0v) is 10.1. The second-order valence-corrected chi connectivity index (χ2v) is 4.36. The fourth-order valence-corrected chi connectivity index (χ4v) is 2.09. The topological polar surface area (TPSA) is 84.5 Å². The lowest BCUT2D eigenvalue weighted by atomic mass is 10.2. The third-order valence-corrected chi connectivity index (χ3v) is 2.93. The summed E-state index contributed by atoms with van der Waals surface area (Å²) in [6.07, 6.45) is 1.36. The standard InChI is InChI=1S/C11H18N4O2/c1-7-3-15(4-9(5-16)17-7)11-8(2)10(12)13-6-14-11/h6-7,9,16H,3-5H2,1-2H3,(H2,12,13,14). The Labute approximate surface area is 100 Å². The molecule has 1 saturated heterocycles. The molecule has 94 valence electrons. The lowest BCUT2D eigenvalue weighted by molar-refractivity contribution is -0.0423. The Morgan fingerprint density at radius 2 is 2.29 bits per heavy atom. The van der Waals surface area contributed by atoms with Gasteiger partial charge in [0.25, 0.3) is 0 Å². The maximum absolute atomic E-state index is 9.19. The van der Waals surface area contributed by atoms with E-state index in [1.165, 1.54) is 6.33 Å². The van der Waals surface area contributed by atoms with Crippen molar-refractivity contribution in [2.75, 3.05) is 30.3 Å². The molecule has 6 heteroatoms. The summed E-state index contributed by atoms with van der Waals surface area (Å²) >= 11 is 0. The Morgan fingerprint density at radius 3 is 3.00 bits per heavy atom. The van der Waals surface area contributed by atoms with Gasteiger partial charge in [0.05, 0.1) is 18.8 Å². The van der Waals surface area contributed by atoms with E-state index in [2.05, 4.69) is 14.9 Å². The molecule has 1 aliphatic heterocycles. The van der Waals surface area contributed by atoms with Crippen LogP contribution >= 0.6 is 0 Å².